The summed E-state index contributed by atoms with van der Waals surface area (Å²) in [5.74, 6) is -0.418. The lowest BCUT2D eigenvalue weighted by Gasteiger charge is -2.33. The van der Waals surface area contributed by atoms with Gasteiger partial charge in [0.25, 0.3) is 0 Å². The zero-order valence-electron chi connectivity index (χ0n) is 17.4. The second-order valence-electron chi connectivity index (χ2n) is 7.23. The van der Waals surface area contributed by atoms with Crippen LogP contribution in [0.2, 0.25) is 0 Å². The number of methoxy groups -OCH3 is 1. The van der Waals surface area contributed by atoms with Crippen molar-refractivity contribution in [2.24, 2.45) is 0 Å². The van der Waals surface area contributed by atoms with E-state index in [1.54, 1.807) is 24.3 Å². The zero-order valence-corrected chi connectivity index (χ0v) is 18.2. The minimum Gasteiger partial charge on any atom is -0.497 e. The average molecular weight is 448 g/mol. The predicted octanol–water partition coefficient (Wildman–Crippen LogP) is 2.32. The molecule has 2 aromatic carbocycles. The maximum Gasteiger partial charge on any atom is 0.305 e. The van der Waals surface area contributed by atoms with Crippen LogP contribution in [0.5, 0.6) is 11.5 Å². The Kier molecular flexibility index (Phi) is 6.51. The first-order valence-corrected chi connectivity index (χ1v) is 11.1. The number of carboxylic acids is 1. The van der Waals surface area contributed by atoms with E-state index in [1.165, 1.54) is 37.1 Å². The lowest BCUT2D eigenvalue weighted by molar-refractivity contribution is -0.137. The number of hydrogen-bond acceptors (Lipinski definition) is 6. The Morgan fingerprint density at radius 3 is 2.52 bits per heavy atom. The third-order valence-corrected chi connectivity index (χ3v) is 6.34. The Labute approximate surface area is 180 Å². The number of amides is 1. The van der Waals surface area contributed by atoms with Gasteiger partial charge in [0.15, 0.2) is 0 Å². The van der Waals surface area contributed by atoms with E-state index < -0.39 is 28.5 Å². The predicted molar refractivity (Wildman–Crippen MR) is 113 cm³/mol. The van der Waals surface area contributed by atoms with Gasteiger partial charge in [0.05, 0.1) is 36.7 Å². The van der Waals surface area contributed by atoms with E-state index >= 15 is 0 Å². The fourth-order valence-corrected chi connectivity index (χ4v) is 4.62. The lowest BCUT2D eigenvalue weighted by atomic mass is 10.0. The number of benzene rings is 2. The molecule has 1 aliphatic rings. The van der Waals surface area contributed by atoms with Crippen LogP contribution in [0.15, 0.2) is 47.4 Å². The molecule has 0 aliphatic carbocycles. The summed E-state index contributed by atoms with van der Waals surface area (Å²) >= 11 is 0. The number of nitrogens with one attached hydrogen (secondary N) is 1. The number of anilines is 1. The monoisotopic (exact) mass is 448 g/mol. The summed E-state index contributed by atoms with van der Waals surface area (Å²) in [5, 5.41) is 9.27. The molecule has 2 N–H and O–H groups in total. The van der Waals surface area contributed by atoms with Gasteiger partial charge in [-0.1, -0.05) is 12.1 Å². The molecule has 0 saturated carbocycles. The molecule has 10 heteroatoms. The highest BCUT2D eigenvalue weighted by molar-refractivity contribution is 7.89. The van der Waals surface area contributed by atoms with E-state index in [9.17, 15) is 23.1 Å². The molecule has 2 aromatic rings. The number of carbonyl (C=O) groups is 2. The summed E-state index contributed by atoms with van der Waals surface area (Å²) in [6.45, 7) is 3.51. The van der Waals surface area contributed by atoms with Crippen molar-refractivity contribution in [1.29, 1.82) is 0 Å². The van der Waals surface area contributed by atoms with E-state index in [0.717, 1.165) is 0 Å². The number of hydrogen-bond donors (Lipinski definition) is 2. The number of rotatable bonds is 7. The van der Waals surface area contributed by atoms with Gasteiger partial charge in [-0.25, -0.2) is 13.1 Å². The number of aliphatic carboxylic acids is 1. The number of nitrogens with zero attached hydrogens (tertiary/aromatic N) is 1. The maximum atomic E-state index is 13.1. The first-order chi connectivity index (χ1) is 14.6. The molecule has 1 heterocycles. The van der Waals surface area contributed by atoms with Gasteiger partial charge in [-0.2, -0.15) is 0 Å². The summed E-state index contributed by atoms with van der Waals surface area (Å²) < 4.78 is 39.4. The second-order valence-corrected chi connectivity index (χ2v) is 8.95. The van der Waals surface area contributed by atoms with Gasteiger partial charge in [0, 0.05) is 6.92 Å². The molecule has 166 valence electrons. The SMILES string of the molecule is COc1ccc([C@@H](CC(=O)O)NS(=O)(=O)c2ccc3c(c2)N(C(C)=O)C[C@H](C)O3)cc1. The summed E-state index contributed by atoms with van der Waals surface area (Å²) in [5.41, 5.74) is 0.833. The molecule has 0 fully saturated rings. The quantitative estimate of drug-likeness (QED) is 0.666. The average Bonchev–Trinajstić information content (AvgIpc) is 2.71. The van der Waals surface area contributed by atoms with Gasteiger partial charge < -0.3 is 19.5 Å². The molecule has 0 bridgehead atoms. The number of fused-ring (bicyclic) bond motifs is 1. The van der Waals surface area contributed by atoms with Crippen molar-refractivity contribution in [2.75, 3.05) is 18.6 Å². The normalized spacial score (nSPS) is 16.7. The van der Waals surface area contributed by atoms with Crippen molar-refractivity contribution in [3.8, 4) is 11.5 Å². The van der Waals surface area contributed by atoms with Crippen molar-refractivity contribution in [3.05, 3.63) is 48.0 Å². The minimum atomic E-state index is -4.10. The number of sulfonamides is 1. The molecular weight excluding hydrogens is 424 g/mol. The van der Waals surface area contributed by atoms with E-state index in [0.29, 0.717) is 29.3 Å². The molecule has 0 saturated heterocycles. The van der Waals surface area contributed by atoms with Gasteiger partial charge in [0.2, 0.25) is 15.9 Å². The molecule has 0 spiro atoms. The fraction of sp³-hybridized carbons (Fsp3) is 0.333. The Hall–Kier alpha value is -3.11. The van der Waals surface area contributed by atoms with Gasteiger partial charge >= 0.3 is 5.97 Å². The van der Waals surface area contributed by atoms with Crippen LogP contribution in [0.3, 0.4) is 0 Å². The van der Waals surface area contributed by atoms with Gasteiger partial charge in [-0.3, -0.25) is 9.59 Å². The van der Waals surface area contributed by atoms with E-state index in [2.05, 4.69) is 4.72 Å². The van der Waals surface area contributed by atoms with Crippen LogP contribution in [-0.2, 0) is 19.6 Å². The van der Waals surface area contributed by atoms with Crippen LogP contribution >= 0.6 is 0 Å². The topological polar surface area (TPSA) is 122 Å². The summed E-state index contributed by atoms with van der Waals surface area (Å²) in [4.78, 5) is 24.7. The minimum absolute atomic E-state index is 0.0976. The molecule has 2 atom stereocenters. The van der Waals surface area contributed by atoms with Gasteiger partial charge in [-0.15, -0.1) is 0 Å². The highest BCUT2D eigenvalue weighted by atomic mass is 32.2. The zero-order chi connectivity index (χ0) is 22.8. The third-order valence-electron chi connectivity index (χ3n) is 4.87. The molecule has 9 nitrogen and oxygen atoms in total. The van der Waals surface area contributed by atoms with Crippen molar-refractivity contribution < 1.29 is 32.6 Å². The first kappa shape index (κ1) is 22.6. The third kappa shape index (κ3) is 5.15. The highest BCUT2D eigenvalue weighted by Crippen LogP contribution is 2.36. The number of carbonyl (C=O) groups excluding carboxylic acids is 1. The number of carboxylic acid groups (broad SMARTS) is 1. The van der Waals surface area contributed by atoms with Gasteiger partial charge in [-0.05, 0) is 42.8 Å². The van der Waals surface area contributed by atoms with Crippen molar-refractivity contribution >= 4 is 27.6 Å². The standard InChI is InChI=1S/C21H24N2O7S/c1-13-12-23(14(2)24)19-10-17(8-9-20(19)30-13)31(27,28)22-18(11-21(25)26)15-4-6-16(29-3)7-5-15/h4-10,13,18,22H,11-12H2,1-3H3,(H,25,26)/t13-,18+/m0/s1. The highest BCUT2D eigenvalue weighted by Gasteiger charge is 2.29. The van der Waals surface area contributed by atoms with Crippen LogP contribution in [0, 0.1) is 0 Å². The van der Waals surface area contributed by atoms with Gasteiger partial charge in [0.1, 0.15) is 17.6 Å². The van der Waals surface area contributed by atoms with Crippen LogP contribution in [0.25, 0.3) is 0 Å². The van der Waals surface area contributed by atoms with Crippen LogP contribution in [0.4, 0.5) is 5.69 Å². The molecule has 0 aromatic heterocycles. The first-order valence-electron chi connectivity index (χ1n) is 9.57. The summed E-state index contributed by atoms with van der Waals surface area (Å²) in [7, 11) is -2.61. The molecule has 1 aliphatic heterocycles. The van der Waals surface area contributed by atoms with Crippen LogP contribution < -0.4 is 19.1 Å². The largest absolute Gasteiger partial charge is 0.497 e. The van der Waals surface area contributed by atoms with E-state index in [-0.39, 0.29) is 16.9 Å². The van der Waals surface area contributed by atoms with E-state index in [1.807, 2.05) is 6.92 Å². The molecule has 0 unspecified atom stereocenters. The maximum absolute atomic E-state index is 13.1. The Morgan fingerprint density at radius 2 is 1.94 bits per heavy atom. The Balaban J connectivity index is 1.94. The van der Waals surface area contributed by atoms with Crippen molar-refractivity contribution in [2.45, 2.75) is 37.3 Å². The number of ether oxygens (including phenoxy) is 2. The molecule has 0 radical (unpaired) electrons. The Morgan fingerprint density at radius 1 is 1.26 bits per heavy atom. The second kappa shape index (κ2) is 8.94. The molecular formula is C21H24N2O7S. The van der Waals surface area contributed by atoms with Crippen LogP contribution in [-0.4, -0.2) is 45.2 Å². The Bertz CT molecular complexity index is 1080. The smallest absolute Gasteiger partial charge is 0.305 e. The summed E-state index contributed by atoms with van der Waals surface area (Å²) in [6.07, 6.45) is -0.677. The van der Waals surface area contributed by atoms with Crippen molar-refractivity contribution in [1.82, 2.24) is 4.72 Å². The summed E-state index contributed by atoms with van der Waals surface area (Å²) in [6, 6.07) is 9.68. The molecule has 3 rings (SSSR count). The van der Waals surface area contributed by atoms with E-state index in [4.69, 9.17) is 9.47 Å². The van der Waals surface area contributed by atoms with Crippen molar-refractivity contribution in [3.63, 3.8) is 0 Å². The molecule has 31 heavy (non-hydrogen) atoms. The fourth-order valence-electron chi connectivity index (χ4n) is 3.38. The lowest BCUT2D eigenvalue weighted by Crippen LogP contribution is -2.41. The van der Waals surface area contributed by atoms with Crippen LogP contribution in [0.1, 0.15) is 31.9 Å². The molecule has 1 amide bonds.